The summed E-state index contributed by atoms with van der Waals surface area (Å²) >= 11 is 0. The number of ketones is 1. The van der Waals surface area contributed by atoms with E-state index in [0.717, 1.165) is 12.3 Å². The van der Waals surface area contributed by atoms with Crippen molar-refractivity contribution >= 4 is 5.78 Å². The summed E-state index contributed by atoms with van der Waals surface area (Å²) in [4.78, 5) is 12.2. The molecule has 18 heavy (non-hydrogen) atoms. The number of aryl methyl sites for hydroxylation is 1. The molecule has 4 rings (SSSR count). The first kappa shape index (κ1) is 10.5. The van der Waals surface area contributed by atoms with Crippen molar-refractivity contribution in [3.05, 3.63) is 47.0 Å². The van der Waals surface area contributed by atoms with E-state index < -0.39 is 0 Å². The van der Waals surface area contributed by atoms with Crippen LogP contribution in [0.1, 0.15) is 36.0 Å². The lowest BCUT2D eigenvalue weighted by Crippen LogP contribution is -2.38. The van der Waals surface area contributed by atoms with Gasteiger partial charge in [0.1, 0.15) is 5.78 Å². The molecule has 3 aliphatic rings. The standard InChI is InChI=1S/C17H18O/c1-11-2-5-16-13(6-11)8-15(18)10-17(16)9-12-3-4-14(17)7-12/h2-6,12,14H,7-10H2,1H3. The molecule has 0 heterocycles. The summed E-state index contributed by atoms with van der Waals surface area (Å²) in [6.45, 7) is 2.12. The van der Waals surface area contributed by atoms with Crippen LogP contribution in [0.4, 0.5) is 0 Å². The Labute approximate surface area is 108 Å². The summed E-state index contributed by atoms with van der Waals surface area (Å²) in [6, 6.07) is 6.74. The van der Waals surface area contributed by atoms with Gasteiger partial charge in [0.25, 0.3) is 0 Å². The fourth-order valence-corrected chi connectivity index (χ4v) is 4.54. The first-order chi connectivity index (χ1) is 8.67. The van der Waals surface area contributed by atoms with Gasteiger partial charge in [0.05, 0.1) is 0 Å². The first-order valence-corrected chi connectivity index (χ1v) is 6.97. The molecule has 1 spiro atoms. The molecule has 2 bridgehead atoms. The van der Waals surface area contributed by atoms with Gasteiger partial charge in [0, 0.05) is 18.3 Å². The molecule has 0 N–H and O–H groups in total. The van der Waals surface area contributed by atoms with E-state index in [1.165, 1.54) is 29.5 Å². The third-order valence-corrected chi connectivity index (χ3v) is 5.21. The lowest BCUT2D eigenvalue weighted by molar-refractivity contribution is -0.120. The highest BCUT2D eigenvalue weighted by Gasteiger charge is 2.52. The van der Waals surface area contributed by atoms with Crippen LogP contribution < -0.4 is 0 Å². The molecule has 1 nitrogen and oxygen atoms in total. The van der Waals surface area contributed by atoms with Gasteiger partial charge in [-0.15, -0.1) is 0 Å². The normalized spacial score (nSPS) is 36.4. The molecule has 0 radical (unpaired) electrons. The quantitative estimate of drug-likeness (QED) is 0.633. The highest BCUT2D eigenvalue weighted by molar-refractivity contribution is 5.85. The van der Waals surface area contributed by atoms with E-state index in [9.17, 15) is 4.79 Å². The van der Waals surface area contributed by atoms with Crippen molar-refractivity contribution in [2.75, 3.05) is 0 Å². The number of hydrogen-bond acceptors (Lipinski definition) is 1. The third-order valence-electron chi connectivity index (χ3n) is 5.21. The number of rotatable bonds is 0. The van der Waals surface area contributed by atoms with E-state index in [-0.39, 0.29) is 5.41 Å². The number of benzene rings is 1. The van der Waals surface area contributed by atoms with E-state index in [1.807, 2.05) is 0 Å². The van der Waals surface area contributed by atoms with Gasteiger partial charge in [-0.3, -0.25) is 4.79 Å². The molecular formula is C17H18O. The monoisotopic (exact) mass is 238 g/mol. The Bertz CT molecular complexity index is 569. The van der Waals surface area contributed by atoms with E-state index >= 15 is 0 Å². The van der Waals surface area contributed by atoms with Gasteiger partial charge in [0.15, 0.2) is 0 Å². The van der Waals surface area contributed by atoms with Crippen molar-refractivity contribution in [1.82, 2.24) is 0 Å². The fourth-order valence-electron chi connectivity index (χ4n) is 4.54. The van der Waals surface area contributed by atoms with Gasteiger partial charge < -0.3 is 0 Å². The van der Waals surface area contributed by atoms with Crippen molar-refractivity contribution in [2.24, 2.45) is 11.8 Å². The van der Waals surface area contributed by atoms with Crippen LogP contribution in [0, 0.1) is 18.8 Å². The van der Waals surface area contributed by atoms with Crippen LogP contribution in [-0.4, -0.2) is 5.78 Å². The zero-order valence-electron chi connectivity index (χ0n) is 10.8. The minimum absolute atomic E-state index is 0.151. The smallest absolute Gasteiger partial charge is 0.138 e. The Morgan fingerprint density at radius 3 is 2.89 bits per heavy atom. The average Bonchev–Trinajstić information content (AvgIpc) is 2.88. The Morgan fingerprint density at radius 1 is 1.28 bits per heavy atom. The Balaban J connectivity index is 1.91. The predicted molar refractivity (Wildman–Crippen MR) is 71.5 cm³/mol. The molecular weight excluding hydrogens is 220 g/mol. The van der Waals surface area contributed by atoms with Gasteiger partial charge >= 0.3 is 0 Å². The molecule has 0 aliphatic heterocycles. The van der Waals surface area contributed by atoms with Gasteiger partial charge in [0.2, 0.25) is 0 Å². The fraction of sp³-hybridized carbons (Fsp3) is 0.471. The summed E-state index contributed by atoms with van der Waals surface area (Å²) in [5.74, 6) is 1.76. The van der Waals surface area contributed by atoms with E-state index in [1.54, 1.807) is 0 Å². The summed E-state index contributed by atoms with van der Waals surface area (Å²) in [5, 5.41) is 0. The third kappa shape index (κ3) is 1.25. The second kappa shape index (κ2) is 3.34. The second-order valence-corrected chi connectivity index (χ2v) is 6.40. The molecule has 0 aromatic heterocycles. The van der Waals surface area contributed by atoms with E-state index in [4.69, 9.17) is 0 Å². The zero-order valence-corrected chi connectivity index (χ0v) is 10.8. The van der Waals surface area contributed by atoms with Gasteiger partial charge in [-0.1, -0.05) is 35.9 Å². The molecule has 1 saturated carbocycles. The van der Waals surface area contributed by atoms with Gasteiger partial charge in [-0.25, -0.2) is 0 Å². The van der Waals surface area contributed by atoms with Crippen LogP contribution in [0.3, 0.4) is 0 Å². The van der Waals surface area contributed by atoms with Crippen LogP contribution in [0.25, 0.3) is 0 Å². The Morgan fingerprint density at radius 2 is 2.17 bits per heavy atom. The molecule has 92 valence electrons. The number of carbonyl (C=O) groups is 1. The number of carbonyl (C=O) groups excluding carboxylic acids is 1. The highest BCUT2D eigenvalue weighted by Crippen LogP contribution is 2.57. The van der Waals surface area contributed by atoms with Gasteiger partial charge in [-0.05, 0) is 42.7 Å². The number of Topliss-reactive ketones (excluding diaryl/α,β-unsaturated/α-hetero) is 1. The molecule has 0 saturated heterocycles. The summed E-state index contributed by atoms with van der Waals surface area (Å²) in [5.41, 5.74) is 4.20. The molecule has 3 atom stereocenters. The maximum atomic E-state index is 12.2. The number of allylic oxidation sites excluding steroid dienone is 2. The average molecular weight is 238 g/mol. The lowest BCUT2D eigenvalue weighted by atomic mass is 9.62. The summed E-state index contributed by atoms with van der Waals surface area (Å²) in [7, 11) is 0. The summed E-state index contributed by atoms with van der Waals surface area (Å²) in [6.07, 6.45) is 8.62. The molecule has 1 aromatic carbocycles. The molecule has 3 unspecified atom stereocenters. The maximum Gasteiger partial charge on any atom is 0.138 e. The minimum atomic E-state index is 0.151. The molecule has 3 aliphatic carbocycles. The lowest BCUT2D eigenvalue weighted by Gasteiger charge is -2.40. The van der Waals surface area contributed by atoms with Crippen LogP contribution in [0.15, 0.2) is 30.4 Å². The largest absolute Gasteiger partial charge is 0.299 e. The van der Waals surface area contributed by atoms with Crippen molar-refractivity contribution in [1.29, 1.82) is 0 Å². The number of hydrogen-bond donors (Lipinski definition) is 0. The van der Waals surface area contributed by atoms with Crippen LogP contribution in [0.5, 0.6) is 0 Å². The predicted octanol–water partition coefficient (Wildman–Crippen LogP) is 3.34. The van der Waals surface area contributed by atoms with Crippen molar-refractivity contribution in [3.8, 4) is 0 Å². The van der Waals surface area contributed by atoms with Crippen LogP contribution >= 0.6 is 0 Å². The topological polar surface area (TPSA) is 17.1 Å². The Hall–Kier alpha value is -1.37. The number of fused-ring (bicyclic) bond motifs is 5. The highest BCUT2D eigenvalue weighted by atomic mass is 16.1. The van der Waals surface area contributed by atoms with Crippen LogP contribution in [0.2, 0.25) is 0 Å². The van der Waals surface area contributed by atoms with Crippen molar-refractivity contribution < 1.29 is 4.79 Å². The molecule has 1 fully saturated rings. The molecule has 0 amide bonds. The minimum Gasteiger partial charge on any atom is -0.299 e. The first-order valence-electron chi connectivity index (χ1n) is 6.97. The Kier molecular flexibility index (Phi) is 1.96. The van der Waals surface area contributed by atoms with Crippen LogP contribution in [-0.2, 0) is 16.6 Å². The van der Waals surface area contributed by atoms with E-state index in [2.05, 4.69) is 37.3 Å². The van der Waals surface area contributed by atoms with Crippen molar-refractivity contribution in [3.63, 3.8) is 0 Å². The van der Waals surface area contributed by atoms with Gasteiger partial charge in [-0.2, -0.15) is 0 Å². The zero-order chi connectivity index (χ0) is 12.3. The SMILES string of the molecule is Cc1ccc2c(c1)CC(=O)CC21CC2C=CC1C2. The van der Waals surface area contributed by atoms with E-state index in [0.29, 0.717) is 18.1 Å². The maximum absolute atomic E-state index is 12.2. The molecule has 1 aromatic rings. The summed E-state index contributed by atoms with van der Waals surface area (Å²) < 4.78 is 0. The molecule has 1 heteroatoms. The second-order valence-electron chi connectivity index (χ2n) is 6.40. The van der Waals surface area contributed by atoms with Crippen molar-refractivity contribution in [2.45, 2.75) is 38.0 Å².